The SMILES string of the molecule is CCc1nsc(=O)[nH]1.[HH]. The topological polar surface area (TPSA) is 45.8 Å². The molecule has 0 fully saturated rings. The first-order valence-electron chi connectivity index (χ1n) is 2.38. The smallest absolute Gasteiger partial charge is 0.300 e. The lowest BCUT2D eigenvalue weighted by Crippen LogP contribution is -1.93. The summed E-state index contributed by atoms with van der Waals surface area (Å²) in [6.07, 6.45) is 0.804. The van der Waals surface area contributed by atoms with Gasteiger partial charge in [0.05, 0.1) is 0 Å². The number of hydrogen-bond acceptors (Lipinski definition) is 3. The number of nitrogens with zero attached hydrogens (tertiary/aromatic N) is 1. The van der Waals surface area contributed by atoms with Gasteiger partial charge in [0.25, 0.3) is 0 Å². The average molecular weight is 132 g/mol. The highest BCUT2D eigenvalue weighted by Gasteiger charge is 1.90. The summed E-state index contributed by atoms with van der Waals surface area (Å²) in [5.41, 5.74) is 0. The van der Waals surface area contributed by atoms with Crippen molar-refractivity contribution in [2.24, 2.45) is 0 Å². The zero-order valence-corrected chi connectivity index (χ0v) is 5.29. The number of aromatic nitrogens is 2. The van der Waals surface area contributed by atoms with Crippen LogP contribution in [0.2, 0.25) is 0 Å². The van der Waals surface area contributed by atoms with Crippen LogP contribution in [-0.2, 0) is 6.42 Å². The fourth-order valence-corrected chi connectivity index (χ4v) is 0.944. The quantitative estimate of drug-likeness (QED) is 0.609. The van der Waals surface area contributed by atoms with Crippen LogP contribution in [0.25, 0.3) is 0 Å². The molecular weight excluding hydrogens is 124 g/mol. The third kappa shape index (κ3) is 0.949. The van der Waals surface area contributed by atoms with Crippen LogP contribution in [0.3, 0.4) is 0 Å². The van der Waals surface area contributed by atoms with E-state index in [-0.39, 0.29) is 6.30 Å². The maximum Gasteiger partial charge on any atom is 0.323 e. The summed E-state index contributed by atoms with van der Waals surface area (Å²) in [5, 5.41) is 0. The second-order valence-electron chi connectivity index (χ2n) is 1.40. The van der Waals surface area contributed by atoms with E-state index in [1.807, 2.05) is 6.92 Å². The van der Waals surface area contributed by atoms with Gasteiger partial charge >= 0.3 is 4.87 Å². The Balaban J connectivity index is 0.000000640. The molecule has 1 rings (SSSR count). The van der Waals surface area contributed by atoms with Gasteiger partial charge in [0, 0.05) is 19.4 Å². The number of H-pyrrole nitrogens is 1. The van der Waals surface area contributed by atoms with Crippen molar-refractivity contribution in [2.75, 3.05) is 0 Å². The maximum atomic E-state index is 10.3. The third-order valence-electron chi connectivity index (χ3n) is 0.820. The van der Waals surface area contributed by atoms with Crippen LogP contribution in [0, 0.1) is 0 Å². The van der Waals surface area contributed by atoms with Crippen LogP contribution in [0.15, 0.2) is 4.79 Å². The first-order valence-corrected chi connectivity index (χ1v) is 3.15. The zero-order chi connectivity index (χ0) is 5.98. The van der Waals surface area contributed by atoms with Crippen molar-refractivity contribution in [2.45, 2.75) is 13.3 Å². The number of hydrogen-bond donors (Lipinski definition) is 1. The Morgan fingerprint density at radius 3 is 3.00 bits per heavy atom. The number of aryl methyl sites for hydroxylation is 1. The minimum atomic E-state index is -0.0677. The maximum absolute atomic E-state index is 10.3. The van der Waals surface area contributed by atoms with E-state index in [0.29, 0.717) is 0 Å². The summed E-state index contributed by atoms with van der Waals surface area (Å²) in [5.74, 6) is 0.778. The predicted molar refractivity (Wildman–Crippen MR) is 34.2 cm³/mol. The van der Waals surface area contributed by atoms with Crippen LogP contribution >= 0.6 is 11.5 Å². The van der Waals surface area contributed by atoms with E-state index >= 15 is 0 Å². The van der Waals surface area contributed by atoms with Crippen molar-refractivity contribution in [3.05, 3.63) is 15.5 Å². The summed E-state index contributed by atoms with van der Waals surface area (Å²) < 4.78 is 3.81. The summed E-state index contributed by atoms with van der Waals surface area (Å²) >= 11 is 0.968. The van der Waals surface area contributed by atoms with Gasteiger partial charge in [-0.1, -0.05) is 6.92 Å². The van der Waals surface area contributed by atoms with Gasteiger partial charge in [-0.15, -0.1) is 0 Å². The lowest BCUT2D eigenvalue weighted by molar-refractivity contribution is 0.989. The van der Waals surface area contributed by atoms with E-state index in [1.54, 1.807) is 0 Å². The van der Waals surface area contributed by atoms with Gasteiger partial charge in [0.15, 0.2) is 0 Å². The van der Waals surface area contributed by atoms with Crippen LogP contribution in [0.1, 0.15) is 14.2 Å². The highest BCUT2D eigenvalue weighted by Crippen LogP contribution is 1.86. The first-order chi connectivity index (χ1) is 3.83. The van der Waals surface area contributed by atoms with Crippen LogP contribution in [0.5, 0.6) is 0 Å². The van der Waals surface area contributed by atoms with Crippen molar-refractivity contribution in [3.63, 3.8) is 0 Å². The van der Waals surface area contributed by atoms with Crippen LogP contribution in [0.4, 0.5) is 0 Å². The molecule has 0 aliphatic heterocycles. The Morgan fingerprint density at radius 1 is 2.00 bits per heavy atom. The molecule has 0 spiro atoms. The van der Waals surface area contributed by atoms with Crippen LogP contribution < -0.4 is 4.87 Å². The van der Waals surface area contributed by atoms with E-state index in [0.717, 1.165) is 23.8 Å². The highest BCUT2D eigenvalue weighted by molar-refractivity contribution is 7.02. The van der Waals surface area contributed by atoms with Gasteiger partial charge in [0.2, 0.25) is 0 Å². The molecule has 0 radical (unpaired) electrons. The predicted octanol–water partition coefficient (Wildman–Crippen LogP) is 0.640. The van der Waals surface area contributed by atoms with Crippen molar-refractivity contribution >= 4 is 11.5 Å². The van der Waals surface area contributed by atoms with Crippen molar-refractivity contribution in [1.29, 1.82) is 0 Å². The molecule has 0 atom stereocenters. The normalized spacial score (nSPS) is 9.62. The molecule has 0 saturated carbocycles. The third-order valence-corrected chi connectivity index (χ3v) is 1.40. The lowest BCUT2D eigenvalue weighted by atomic mass is 10.5. The van der Waals surface area contributed by atoms with E-state index < -0.39 is 0 Å². The Bertz CT molecular complexity index is 218. The van der Waals surface area contributed by atoms with Gasteiger partial charge in [-0.2, -0.15) is 4.37 Å². The fraction of sp³-hybridized carbons (Fsp3) is 0.500. The van der Waals surface area contributed by atoms with Gasteiger partial charge in [-0.25, -0.2) is 0 Å². The van der Waals surface area contributed by atoms with Gasteiger partial charge in [-0.05, 0) is 0 Å². The molecular formula is C4H8N2OS. The molecule has 1 aromatic rings. The number of aromatic amines is 1. The molecule has 4 heteroatoms. The molecule has 0 unspecified atom stereocenters. The zero-order valence-electron chi connectivity index (χ0n) is 4.47. The van der Waals surface area contributed by atoms with E-state index in [4.69, 9.17) is 0 Å². The van der Waals surface area contributed by atoms with E-state index in [2.05, 4.69) is 9.36 Å². The van der Waals surface area contributed by atoms with Crippen LogP contribution in [-0.4, -0.2) is 9.36 Å². The number of rotatable bonds is 1. The van der Waals surface area contributed by atoms with Crippen molar-refractivity contribution in [3.8, 4) is 0 Å². The average Bonchev–Trinajstić information content (AvgIpc) is 2.14. The standard InChI is InChI=1S/C4H6N2OS.H2/c1-2-3-5-4(7)8-6-3;/h2H2,1H3,(H,5,6,7);1H. The second-order valence-corrected chi connectivity index (χ2v) is 2.13. The molecule has 0 bridgehead atoms. The first kappa shape index (κ1) is 5.50. The van der Waals surface area contributed by atoms with Crippen molar-refractivity contribution < 1.29 is 1.43 Å². The minimum Gasteiger partial charge on any atom is -0.300 e. The molecule has 0 saturated heterocycles. The largest absolute Gasteiger partial charge is 0.323 e. The molecule has 0 aromatic carbocycles. The molecule has 0 amide bonds. The monoisotopic (exact) mass is 132 g/mol. The Kier molecular flexibility index (Phi) is 1.43. The summed E-state index contributed by atoms with van der Waals surface area (Å²) in [4.78, 5) is 12.9. The van der Waals surface area contributed by atoms with Gasteiger partial charge < -0.3 is 0 Å². The lowest BCUT2D eigenvalue weighted by Gasteiger charge is -1.77. The van der Waals surface area contributed by atoms with Gasteiger partial charge in [-0.3, -0.25) is 9.78 Å². The van der Waals surface area contributed by atoms with Crippen molar-refractivity contribution in [1.82, 2.24) is 9.36 Å². The van der Waals surface area contributed by atoms with E-state index in [9.17, 15) is 4.79 Å². The Hall–Kier alpha value is -0.640. The highest BCUT2D eigenvalue weighted by atomic mass is 32.1. The molecule has 8 heavy (non-hydrogen) atoms. The summed E-state index contributed by atoms with van der Waals surface area (Å²) in [6.45, 7) is 1.95. The molecule has 0 aliphatic carbocycles. The minimum absolute atomic E-state index is 0. The molecule has 3 nitrogen and oxygen atoms in total. The Morgan fingerprint density at radius 2 is 2.75 bits per heavy atom. The molecule has 1 heterocycles. The summed E-state index contributed by atoms with van der Waals surface area (Å²) in [6, 6.07) is 0. The Labute approximate surface area is 52.0 Å². The van der Waals surface area contributed by atoms with E-state index in [1.165, 1.54) is 0 Å². The fourth-order valence-electron chi connectivity index (χ4n) is 0.413. The van der Waals surface area contributed by atoms with Gasteiger partial charge in [0.1, 0.15) is 5.82 Å². The molecule has 1 N–H and O–H groups in total. The molecule has 0 aliphatic rings. The second kappa shape index (κ2) is 2.09. The molecule has 46 valence electrons. The summed E-state index contributed by atoms with van der Waals surface area (Å²) in [7, 11) is 0. The molecule has 1 aromatic heterocycles. The number of nitrogens with one attached hydrogen (secondary N) is 1.